The third-order valence-electron chi connectivity index (χ3n) is 5.37. The van der Waals surface area contributed by atoms with Crippen LogP contribution in [0.15, 0.2) is 83.8 Å². The number of nitrogens with two attached hydrogens (primary N) is 1. The lowest BCUT2D eigenvalue weighted by molar-refractivity contribution is 0.102. The zero-order valence-electron chi connectivity index (χ0n) is 19.4. The Bertz CT molecular complexity index is 1420. The number of rotatable bonds is 9. The summed E-state index contributed by atoms with van der Waals surface area (Å²) >= 11 is 0. The summed E-state index contributed by atoms with van der Waals surface area (Å²) in [5.74, 6) is 0.0683. The number of likely N-dealkylation sites (N-methyl/N-ethyl adjacent to an activating group) is 1. The Labute approximate surface area is 202 Å². The standard InChI is InChI=1S/C26H27N7O2/c1-28-14-5-4-8-20(16-27)21-12-13-24(34)33(32-21)17-18-7-6-9-19(15-18)25(35)31-26-29-22-10-2-3-11-23(22)30-26/h2-7,9-13,15-16,28H,8,14,17,27H2,1H3,(H2,29,30,31,35)/b5-4+,20-16+. The second-order valence-electron chi connectivity index (χ2n) is 7.90. The van der Waals surface area contributed by atoms with Crippen LogP contribution in [0.3, 0.4) is 0 Å². The third-order valence-corrected chi connectivity index (χ3v) is 5.37. The predicted octanol–water partition coefficient (Wildman–Crippen LogP) is 2.89. The molecule has 0 bridgehead atoms. The molecule has 35 heavy (non-hydrogen) atoms. The van der Waals surface area contributed by atoms with Crippen molar-refractivity contribution in [3.05, 3.63) is 106 Å². The Morgan fingerprint density at radius 3 is 2.77 bits per heavy atom. The number of imidazole rings is 1. The van der Waals surface area contributed by atoms with Crippen LogP contribution in [0, 0.1) is 0 Å². The molecule has 0 radical (unpaired) electrons. The van der Waals surface area contributed by atoms with Gasteiger partial charge in [-0.05, 0) is 61.1 Å². The first-order valence-corrected chi connectivity index (χ1v) is 11.2. The molecule has 0 aliphatic heterocycles. The summed E-state index contributed by atoms with van der Waals surface area (Å²) in [4.78, 5) is 32.7. The monoisotopic (exact) mass is 469 g/mol. The Hall–Kier alpha value is -4.50. The summed E-state index contributed by atoms with van der Waals surface area (Å²) in [5.41, 5.74) is 9.82. The quantitative estimate of drug-likeness (QED) is 0.279. The zero-order chi connectivity index (χ0) is 24.6. The largest absolute Gasteiger partial charge is 0.404 e. The van der Waals surface area contributed by atoms with E-state index in [4.69, 9.17) is 5.73 Å². The highest BCUT2D eigenvalue weighted by atomic mass is 16.2. The van der Waals surface area contributed by atoms with E-state index in [1.54, 1.807) is 24.3 Å². The lowest BCUT2D eigenvalue weighted by Crippen LogP contribution is -2.24. The zero-order valence-corrected chi connectivity index (χ0v) is 19.4. The van der Waals surface area contributed by atoms with Crippen molar-refractivity contribution in [2.75, 3.05) is 18.9 Å². The Kier molecular flexibility index (Phi) is 7.49. The molecule has 2 aromatic carbocycles. The van der Waals surface area contributed by atoms with E-state index in [2.05, 4.69) is 25.7 Å². The number of carbonyl (C=O) groups excluding carboxylic acids is 1. The number of hydrogen-bond donors (Lipinski definition) is 4. The molecule has 0 fully saturated rings. The van der Waals surface area contributed by atoms with Crippen LogP contribution in [0.4, 0.5) is 5.95 Å². The van der Waals surface area contributed by atoms with Crippen molar-refractivity contribution in [2.24, 2.45) is 5.73 Å². The lowest BCUT2D eigenvalue weighted by Gasteiger charge is -2.10. The molecule has 4 rings (SSSR count). The molecule has 2 heterocycles. The number of allylic oxidation sites excluding steroid dienone is 2. The number of benzene rings is 2. The number of para-hydroxylation sites is 2. The van der Waals surface area contributed by atoms with Crippen molar-refractivity contribution in [3.8, 4) is 0 Å². The average molecular weight is 470 g/mol. The molecule has 2 aromatic heterocycles. The maximum absolute atomic E-state index is 12.8. The molecule has 0 unspecified atom stereocenters. The van der Waals surface area contributed by atoms with Crippen molar-refractivity contribution in [1.82, 2.24) is 25.1 Å². The molecule has 0 aliphatic rings. The average Bonchev–Trinajstić information content (AvgIpc) is 3.28. The summed E-state index contributed by atoms with van der Waals surface area (Å²) in [6, 6.07) is 17.7. The molecule has 1 amide bonds. The SMILES string of the molecule is CNC/C=C/C/C(=C\N)c1ccc(=O)n(Cc2cccc(C(=O)Nc3nc4ccccc4[nH]3)c2)n1. The van der Waals surface area contributed by atoms with Gasteiger partial charge in [0, 0.05) is 18.2 Å². The van der Waals surface area contributed by atoms with Gasteiger partial charge in [-0.3, -0.25) is 14.9 Å². The number of aromatic amines is 1. The molecule has 0 aliphatic carbocycles. The highest BCUT2D eigenvalue weighted by Gasteiger charge is 2.11. The Balaban J connectivity index is 1.50. The van der Waals surface area contributed by atoms with Gasteiger partial charge in [0.15, 0.2) is 0 Å². The second kappa shape index (κ2) is 11.1. The number of H-pyrrole nitrogens is 1. The first-order chi connectivity index (χ1) is 17.1. The van der Waals surface area contributed by atoms with Gasteiger partial charge in [-0.2, -0.15) is 5.10 Å². The number of amides is 1. The van der Waals surface area contributed by atoms with Crippen LogP contribution in [0.2, 0.25) is 0 Å². The normalized spacial score (nSPS) is 11.9. The molecular weight excluding hydrogens is 442 g/mol. The van der Waals surface area contributed by atoms with Crippen molar-refractivity contribution in [3.63, 3.8) is 0 Å². The number of nitrogens with one attached hydrogen (secondary N) is 3. The fourth-order valence-electron chi connectivity index (χ4n) is 3.58. The summed E-state index contributed by atoms with van der Waals surface area (Å²) in [6.07, 6.45) is 6.10. The van der Waals surface area contributed by atoms with Crippen LogP contribution in [-0.4, -0.2) is 39.2 Å². The number of nitrogens with zero attached hydrogens (tertiary/aromatic N) is 3. The van der Waals surface area contributed by atoms with Gasteiger partial charge in [0.2, 0.25) is 5.95 Å². The van der Waals surface area contributed by atoms with E-state index in [1.165, 1.54) is 16.9 Å². The molecule has 9 nitrogen and oxygen atoms in total. The van der Waals surface area contributed by atoms with Gasteiger partial charge in [-0.25, -0.2) is 9.67 Å². The summed E-state index contributed by atoms with van der Waals surface area (Å²) in [5, 5.41) is 10.3. The topological polar surface area (TPSA) is 131 Å². The van der Waals surface area contributed by atoms with Gasteiger partial charge in [-0.15, -0.1) is 0 Å². The fraction of sp³-hybridized carbons (Fsp3) is 0.154. The number of anilines is 1. The molecule has 9 heteroatoms. The van der Waals surface area contributed by atoms with Gasteiger partial charge >= 0.3 is 0 Å². The van der Waals surface area contributed by atoms with E-state index < -0.39 is 0 Å². The molecule has 0 spiro atoms. The minimum absolute atomic E-state index is 0.214. The molecule has 5 N–H and O–H groups in total. The molecule has 4 aromatic rings. The van der Waals surface area contributed by atoms with Crippen LogP contribution in [0.5, 0.6) is 0 Å². The fourth-order valence-corrected chi connectivity index (χ4v) is 3.58. The van der Waals surface area contributed by atoms with Crippen molar-refractivity contribution in [1.29, 1.82) is 0 Å². The van der Waals surface area contributed by atoms with Gasteiger partial charge in [0.1, 0.15) is 0 Å². The second-order valence-corrected chi connectivity index (χ2v) is 7.90. The predicted molar refractivity (Wildman–Crippen MR) is 138 cm³/mol. The van der Waals surface area contributed by atoms with Gasteiger partial charge in [0.05, 0.1) is 23.3 Å². The van der Waals surface area contributed by atoms with Crippen LogP contribution in [0.1, 0.15) is 28.0 Å². The summed E-state index contributed by atoms with van der Waals surface area (Å²) < 4.78 is 1.37. The minimum atomic E-state index is -0.304. The van der Waals surface area contributed by atoms with Crippen molar-refractivity contribution < 1.29 is 4.79 Å². The molecular formula is C26H27N7O2. The summed E-state index contributed by atoms with van der Waals surface area (Å²) in [6.45, 7) is 0.969. The van der Waals surface area contributed by atoms with Gasteiger partial charge in [0.25, 0.3) is 11.5 Å². The van der Waals surface area contributed by atoms with Crippen molar-refractivity contribution in [2.45, 2.75) is 13.0 Å². The molecule has 178 valence electrons. The first-order valence-electron chi connectivity index (χ1n) is 11.2. The lowest BCUT2D eigenvalue weighted by atomic mass is 10.1. The minimum Gasteiger partial charge on any atom is -0.404 e. The number of fused-ring (bicyclic) bond motifs is 1. The summed E-state index contributed by atoms with van der Waals surface area (Å²) in [7, 11) is 1.87. The number of carbonyl (C=O) groups is 1. The van der Waals surface area contributed by atoms with E-state index in [9.17, 15) is 9.59 Å². The smallest absolute Gasteiger partial charge is 0.267 e. The Morgan fingerprint density at radius 2 is 1.97 bits per heavy atom. The van der Waals surface area contributed by atoms with E-state index in [-0.39, 0.29) is 18.0 Å². The highest BCUT2D eigenvalue weighted by molar-refractivity contribution is 6.04. The van der Waals surface area contributed by atoms with Crippen LogP contribution < -0.4 is 21.9 Å². The highest BCUT2D eigenvalue weighted by Crippen LogP contribution is 2.16. The van der Waals surface area contributed by atoms with Crippen LogP contribution >= 0.6 is 0 Å². The molecule has 0 saturated carbocycles. The van der Waals surface area contributed by atoms with Crippen molar-refractivity contribution >= 4 is 28.5 Å². The maximum atomic E-state index is 12.8. The Morgan fingerprint density at radius 1 is 1.11 bits per heavy atom. The molecule has 0 saturated heterocycles. The van der Waals surface area contributed by atoms with E-state index >= 15 is 0 Å². The number of aromatic nitrogens is 4. The number of hydrogen-bond acceptors (Lipinski definition) is 6. The molecule has 0 atom stereocenters. The van der Waals surface area contributed by atoms with Gasteiger partial charge < -0.3 is 16.0 Å². The third kappa shape index (κ3) is 5.90. The van der Waals surface area contributed by atoms with E-state index in [0.29, 0.717) is 23.6 Å². The van der Waals surface area contributed by atoms with E-state index in [1.807, 2.05) is 49.5 Å². The van der Waals surface area contributed by atoms with Crippen LogP contribution in [0.25, 0.3) is 16.6 Å². The van der Waals surface area contributed by atoms with Gasteiger partial charge in [-0.1, -0.05) is 36.4 Å². The first kappa shape index (κ1) is 23.7. The van der Waals surface area contributed by atoms with Crippen LogP contribution in [-0.2, 0) is 6.54 Å². The maximum Gasteiger partial charge on any atom is 0.267 e. The van der Waals surface area contributed by atoms with E-state index in [0.717, 1.165) is 28.7 Å².